The van der Waals surface area contributed by atoms with Crippen LogP contribution in [0, 0.1) is 6.92 Å². The molecule has 5 nitrogen and oxygen atoms in total. The van der Waals surface area contributed by atoms with Crippen molar-refractivity contribution in [2.75, 3.05) is 18.5 Å². The van der Waals surface area contributed by atoms with Crippen LogP contribution in [0.2, 0.25) is 10.0 Å². The number of carbonyl (C=O) groups excluding carboxylic acids is 2. The number of anilines is 1. The lowest BCUT2D eigenvalue weighted by atomic mass is 10.2. The fourth-order valence-electron chi connectivity index (χ4n) is 1.82. The number of hydrogen-bond acceptors (Lipinski definition) is 4. The minimum absolute atomic E-state index is 0.0470. The molecule has 1 aromatic rings. The van der Waals surface area contributed by atoms with Gasteiger partial charge < -0.3 is 10.4 Å². The van der Waals surface area contributed by atoms with Gasteiger partial charge in [-0.2, -0.15) is 0 Å². The van der Waals surface area contributed by atoms with E-state index in [0.717, 1.165) is 16.5 Å². The van der Waals surface area contributed by atoms with E-state index in [0.29, 0.717) is 15.7 Å². The second-order valence-corrected chi connectivity index (χ2v) is 5.04. The zero-order valence-corrected chi connectivity index (χ0v) is 12.1. The normalized spacial score (nSPS) is 14.8. The lowest BCUT2D eigenvalue weighted by Gasteiger charge is -2.15. The number of rotatable bonds is 4. The summed E-state index contributed by atoms with van der Waals surface area (Å²) in [6.07, 6.45) is 1.16. The third kappa shape index (κ3) is 2.65. The molecule has 0 saturated carbocycles. The number of aryl methyl sites for hydroxylation is 1. The molecule has 1 aromatic carbocycles. The Kier molecular flexibility index (Phi) is 4.32. The maximum absolute atomic E-state index is 12.0. The van der Waals surface area contributed by atoms with Crippen LogP contribution < -0.4 is 5.32 Å². The number of β-amino-alcohol motifs (C(OH)–C–C–N with tert-alkyl or cyclic N) is 1. The Balaban J connectivity index is 2.28. The molecule has 2 amide bonds. The predicted molar refractivity (Wildman–Crippen MR) is 76.7 cm³/mol. The Hall–Kier alpha value is -1.56. The highest BCUT2D eigenvalue weighted by molar-refractivity contribution is 6.40. The maximum Gasteiger partial charge on any atom is 0.277 e. The molecule has 1 aliphatic heterocycles. The number of amides is 2. The van der Waals surface area contributed by atoms with Crippen molar-refractivity contribution in [3.63, 3.8) is 0 Å². The molecular weight excluding hydrogens is 303 g/mol. The summed E-state index contributed by atoms with van der Waals surface area (Å²) in [6.45, 7) is 1.47. The van der Waals surface area contributed by atoms with Gasteiger partial charge in [0.05, 0.1) is 28.9 Å². The molecule has 0 aliphatic carbocycles. The van der Waals surface area contributed by atoms with Crippen molar-refractivity contribution in [1.29, 1.82) is 0 Å². The van der Waals surface area contributed by atoms with Crippen LogP contribution in [0.5, 0.6) is 0 Å². The van der Waals surface area contributed by atoms with E-state index in [2.05, 4.69) is 5.32 Å². The van der Waals surface area contributed by atoms with Crippen molar-refractivity contribution in [3.05, 3.63) is 39.5 Å². The average Bonchev–Trinajstić information content (AvgIpc) is 2.67. The molecule has 0 unspecified atom stereocenters. The van der Waals surface area contributed by atoms with Crippen molar-refractivity contribution < 1.29 is 14.7 Å². The summed E-state index contributed by atoms with van der Waals surface area (Å²) >= 11 is 12.2. The molecule has 0 aromatic heterocycles. The fraction of sp³-hybridized carbons (Fsp3) is 0.231. The van der Waals surface area contributed by atoms with Gasteiger partial charge in [0, 0.05) is 6.08 Å². The number of aliphatic hydroxyl groups excluding tert-OH is 1. The topological polar surface area (TPSA) is 69.6 Å². The maximum atomic E-state index is 12.0. The van der Waals surface area contributed by atoms with Crippen molar-refractivity contribution in [2.24, 2.45) is 0 Å². The summed E-state index contributed by atoms with van der Waals surface area (Å²) in [5.41, 5.74) is 1.26. The van der Waals surface area contributed by atoms with Gasteiger partial charge in [0.2, 0.25) is 0 Å². The summed E-state index contributed by atoms with van der Waals surface area (Å²) < 4.78 is 0. The number of hydrogen-bond donors (Lipinski definition) is 2. The minimum Gasteiger partial charge on any atom is -0.395 e. The van der Waals surface area contributed by atoms with Crippen molar-refractivity contribution >= 4 is 40.7 Å². The Labute approximate surface area is 125 Å². The molecule has 0 fully saturated rings. The smallest absolute Gasteiger partial charge is 0.277 e. The lowest BCUT2D eigenvalue weighted by molar-refractivity contribution is -0.137. The second kappa shape index (κ2) is 5.83. The largest absolute Gasteiger partial charge is 0.395 e. The molecular formula is C13H12Cl2N2O3. The molecule has 0 saturated heterocycles. The van der Waals surface area contributed by atoms with E-state index in [1.165, 1.54) is 0 Å². The van der Waals surface area contributed by atoms with Gasteiger partial charge in [0.1, 0.15) is 5.70 Å². The molecule has 2 N–H and O–H groups in total. The first-order valence-corrected chi connectivity index (χ1v) is 6.61. The van der Waals surface area contributed by atoms with Gasteiger partial charge in [0.15, 0.2) is 0 Å². The van der Waals surface area contributed by atoms with Gasteiger partial charge in [-0.1, -0.05) is 29.3 Å². The summed E-state index contributed by atoms with van der Waals surface area (Å²) in [7, 11) is 0. The van der Waals surface area contributed by atoms with Gasteiger partial charge in [-0.15, -0.1) is 0 Å². The van der Waals surface area contributed by atoms with Gasteiger partial charge in [0.25, 0.3) is 11.8 Å². The fourth-order valence-corrected chi connectivity index (χ4v) is 2.28. The SMILES string of the molecule is Cc1ccc(Cl)c(NC2=CC(=O)N(CCO)C2=O)c1Cl. The van der Waals surface area contributed by atoms with E-state index in [9.17, 15) is 9.59 Å². The molecule has 106 valence electrons. The molecule has 7 heteroatoms. The summed E-state index contributed by atoms with van der Waals surface area (Å²) in [5.74, 6) is -0.996. The first-order valence-electron chi connectivity index (χ1n) is 5.85. The van der Waals surface area contributed by atoms with Crippen molar-refractivity contribution in [2.45, 2.75) is 6.92 Å². The molecule has 1 heterocycles. The summed E-state index contributed by atoms with van der Waals surface area (Å²) in [5, 5.41) is 12.4. The predicted octanol–water partition coefficient (Wildman–Crippen LogP) is 1.96. The van der Waals surface area contributed by atoms with Crippen LogP contribution in [-0.4, -0.2) is 35.0 Å². The monoisotopic (exact) mass is 314 g/mol. The van der Waals surface area contributed by atoms with Crippen LogP contribution in [0.15, 0.2) is 23.9 Å². The van der Waals surface area contributed by atoms with E-state index in [-0.39, 0.29) is 18.8 Å². The van der Waals surface area contributed by atoms with Crippen LogP contribution in [0.4, 0.5) is 5.69 Å². The number of halogens is 2. The standard InChI is InChI=1S/C13H12Cl2N2O3/c1-7-2-3-8(14)12(11(7)15)16-9-6-10(19)17(4-5-18)13(9)20/h2-3,6,16,18H,4-5H2,1H3. The third-order valence-electron chi connectivity index (χ3n) is 2.88. The van der Waals surface area contributed by atoms with Crippen LogP contribution in [0.25, 0.3) is 0 Å². The van der Waals surface area contributed by atoms with Crippen LogP contribution in [-0.2, 0) is 9.59 Å². The molecule has 2 rings (SSSR count). The molecule has 0 atom stereocenters. The van der Waals surface area contributed by atoms with E-state index in [1.54, 1.807) is 19.1 Å². The summed E-state index contributed by atoms with van der Waals surface area (Å²) in [4.78, 5) is 24.6. The van der Waals surface area contributed by atoms with Gasteiger partial charge in [-0.05, 0) is 18.6 Å². The number of aliphatic hydroxyl groups is 1. The first-order chi connectivity index (χ1) is 9.45. The Morgan fingerprint density at radius 3 is 2.65 bits per heavy atom. The third-order valence-corrected chi connectivity index (χ3v) is 3.68. The van der Waals surface area contributed by atoms with Crippen LogP contribution in [0.3, 0.4) is 0 Å². The Bertz CT molecular complexity index is 614. The number of carbonyl (C=O) groups is 2. The quantitative estimate of drug-likeness (QED) is 0.834. The van der Waals surface area contributed by atoms with Crippen molar-refractivity contribution in [1.82, 2.24) is 4.90 Å². The molecule has 0 spiro atoms. The minimum atomic E-state index is -0.516. The average molecular weight is 315 g/mol. The highest BCUT2D eigenvalue weighted by Gasteiger charge is 2.31. The van der Waals surface area contributed by atoms with Crippen LogP contribution in [0.1, 0.15) is 5.56 Å². The van der Waals surface area contributed by atoms with Crippen LogP contribution >= 0.6 is 23.2 Å². The van der Waals surface area contributed by atoms with E-state index >= 15 is 0 Å². The molecule has 20 heavy (non-hydrogen) atoms. The molecule has 1 aliphatic rings. The van der Waals surface area contributed by atoms with E-state index in [4.69, 9.17) is 28.3 Å². The lowest BCUT2D eigenvalue weighted by Crippen LogP contribution is -2.34. The highest BCUT2D eigenvalue weighted by Crippen LogP contribution is 2.34. The van der Waals surface area contributed by atoms with Gasteiger partial charge in [-0.25, -0.2) is 0 Å². The first kappa shape index (κ1) is 14.8. The van der Waals surface area contributed by atoms with E-state index in [1.807, 2.05) is 0 Å². The van der Waals surface area contributed by atoms with Gasteiger partial charge in [-0.3, -0.25) is 14.5 Å². The number of nitrogens with zero attached hydrogens (tertiary/aromatic N) is 1. The Morgan fingerprint density at radius 2 is 2.00 bits per heavy atom. The number of nitrogens with one attached hydrogen (secondary N) is 1. The zero-order chi connectivity index (χ0) is 14.9. The van der Waals surface area contributed by atoms with E-state index < -0.39 is 11.8 Å². The zero-order valence-electron chi connectivity index (χ0n) is 10.6. The molecule has 0 bridgehead atoms. The van der Waals surface area contributed by atoms with Gasteiger partial charge >= 0.3 is 0 Å². The molecule has 0 radical (unpaired) electrons. The number of benzene rings is 1. The number of imide groups is 1. The summed E-state index contributed by atoms with van der Waals surface area (Å²) in [6, 6.07) is 3.41. The van der Waals surface area contributed by atoms with Crippen molar-refractivity contribution in [3.8, 4) is 0 Å². The second-order valence-electron chi connectivity index (χ2n) is 4.25. The Morgan fingerprint density at radius 1 is 1.30 bits per heavy atom. The highest BCUT2D eigenvalue weighted by atomic mass is 35.5.